The first-order chi connectivity index (χ1) is 7.31. The van der Waals surface area contributed by atoms with Gasteiger partial charge >= 0.3 is 0 Å². The minimum atomic E-state index is -0.143. The second-order valence-corrected chi connectivity index (χ2v) is 3.31. The van der Waals surface area contributed by atoms with Gasteiger partial charge in [-0.1, -0.05) is 13.0 Å². The van der Waals surface area contributed by atoms with Gasteiger partial charge in [0.2, 0.25) is 0 Å². The third kappa shape index (κ3) is 2.03. The zero-order valence-corrected chi connectivity index (χ0v) is 8.58. The normalized spacial score (nSPS) is 13.8. The summed E-state index contributed by atoms with van der Waals surface area (Å²) in [6, 6.07) is 5.48. The van der Waals surface area contributed by atoms with Crippen molar-refractivity contribution in [3.05, 3.63) is 18.2 Å². The topological polar surface area (TPSA) is 47.6 Å². The standard InChI is InChI=1S/C11H13NO3/c1-2-6-14-8-4-3-5-9-11(8)12-10(13)7-15-9/h3-5H,2,6-7H2,1H3,(H,12,13). The van der Waals surface area contributed by atoms with E-state index >= 15 is 0 Å². The molecule has 1 heterocycles. The lowest BCUT2D eigenvalue weighted by Gasteiger charge is -2.20. The Kier molecular flexibility index (Phi) is 2.76. The maximum Gasteiger partial charge on any atom is 0.262 e. The molecular formula is C11H13NO3. The van der Waals surface area contributed by atoms with E-state index in [2.05, 4.69) is 5.32 Å². The molecule has 1 aliphatic rings. The van der Waals surface area contributed by atoms with Crippen LogP contribution in [0.1, 0.15) is 13.3 Å². The van der Waals surface area contributed by atoms with Gasteiger partial charge in [-0.3, -0.25) is 4.79 Å². The third-order valence-corrected chi connectivity index (χ3v) is 2.07. The number of carbonyl (C=O) groups is 1. The summed E-state index contributed by atoms with van der Waals surface area (Å²) in [5.41, 5.74) is 0.641. The second kappa shape index (κ2) is 4.21. The average Bonchev–Trinajstić information content (AvgIpc) is 2.26. The Bertz CT molecular complexity index is 376. The Balaban J connectivity index is 2.27. The Morgan fingerprint density at radius 3 is 3.20 bits per heavy atom. The van der Waals surface area contributed by atoms with Crippen molar-refractivity contribution in [1.29, 1.82) is 0 Å². The summed E-state index contributed by atoms with van der Waals surface area (Å²) in [7, 11) is 0. The van der Waals surface area contributed by atoms with Crippen LogP contribution in [-0.4, -0.2) is 19.1 Å². The van der Waals surface area contributed by atoms with Crippen LogP contribution < -0.4 is 14.8 Å². The molecule has 80 valence electrons. The van der Waals surface area contributed by atoms with E-state index in [0.717, 1.165) is 6.42 Å². The first kappa shape index (κ1) is 9.83. The van der Waals surface area contributed by atoms with E-state index in [-0.39, 0.29) is 12.5 Å². The van der Waals surface area contributed by atoms with Crippen LogP contribution >= 0.6 is 0 Å². The van der Waals surface area contributed by atoms with Crippen molar-refractivity contribution in [2.24, 2.45) is 0 Å². The van der Waals surface area contributed by atoms with E-state index < -0.39 is 0 Å². The molecule has 1 amide bonds. The van der Waals surface area contributed by atoms with Crippen LogP contribution in [0, 0.1) is 0 Å². The lowest BCUT2D eigenvalue weighted by Crippen LogP contribution is -2.25. The van der Waals surface area contributed by atoms with Crippen LogP contribution in [0.25, 0.3) is 0 Å². The van der Waals surface area contributed by atoms with Crippen LogP contribution in [-0.2, 0) is 4.79 Å². The summed E-state index contributed by atoms with van der Waals surface area (Å²) in [5.74, 6) is 1.20. The molecule has 15 heavy (non-hydrogen) atoms. The van der Waals surface area contributed by atoms with Crippen molar-refractivity contribution < 1.29 is 14.3 Å². The molecule has 4 nitrogen and oxygen atoms in total. The fourth-order valence-electron chi connectivity index (χ4n) is 1.41. The van der Waals surface area contributed by atoms with Crippen LogP contribution in [0.4, 0.5) is 5.69 Å². The summed E-state index contributed by atoms with van der Waals surface area (Å²) < 4.78 is 10.8. The lowest BCUT2D eigenvalue weighted by molar-refractivity contribution is -0.118. The van der Waals surface area contributed by atoms with E-state index in [1.165, 1.54) is 0 Å². The van der Waals surface area contributed by atoms with Gasteiger partial charge < -0.3 is 14.8 Å². The largest absolute Gasteiger partial charge is 0.491 e. The van der Waals surface area contributed by atoms with Crippen molar-refractivity contribution >= 4 is 11.6 Å². The van der Waals surface area contributed by atoms with E-state index in [9.17, 15) is 4.79 Å². The second-order valence-electron chi connectivity index (χ2n) is 3.31. The number of carbonyl (C=O) groups excluding carboxylic acids is 1. The molecule has 2 rings (SSSR count). The van der Waals surface area contributed by atoms with Crippen molar-refractivity contribution in [3.63, 3.8) is 0 Å². The molecular weight excluding hydrogens is 194 g/mol. The predicted molar refractivity (Wildman–Crippen MR) is 56.4 cm³/mol. The first-order valence-corrected chi connectivity index (χ1v) is 4.99. The fourth-order valence-corrected chi connectivity index (χ4v) is 1.41. The van der Waals surface area contributed by atoms with Crippen molar-refractivity contribution in [3.8, 4) is 11.5 Å². The van der Waals surface area contributed by atoms with Gasteiger partial charge in [0, 0.05) is 0 Å². The molecule has 0 saturated carbocycles. The summed E-state index contributed by atoms with van der Waals surface area (Å²) in [5, 5.41) is 2.75. The fraction of sp³-hybridized carbons (Fsp3) is 0.364. The summed E-state index contributed by atoms with van der Waals surface area (Å²) in [6.45, 7) is 2.74. The number of rotatable bonds is 3. The Labute approximate surface area is 88.2 Å². The Morgan fingerprint density at radius 1 is 1.53 bits per heavy atom. The minimum Gasteiger partial charge on any atom is -0.491 e. The molecule has 4 heteroatoms. The van der Waals surface area contributed by atoms with Crippen LogP contribution in [0.3, 0.4) is 0 Å². The first-order valence-electron chi connectivity index (χ1n) is 4.99. The minimum absolute atomic E-state index is 0.0736. The monoisotopic (exact) mass is 207 g/mol. The van der Waals surface area contributed by atoms with Gasteiger partial charge in [-0.05, 0) is 18.6 Å². The van der Waals surface area contributed by atoms with Gasteiger partial charge in [0.1, 0.15) is 17.2 Å². The maximum atomic E-state index is 11.2. The molecule has 0 bridgehead atoms. The molecule has 0 atom stereocenters. The zero-order chi connectivity index (χ0) is 10.7. The van der Waals surface area contributed by atoms with Gasteiger partial charge in [0.05, 0.1) is 6.61 Å². The number of hydrogen-bond donors (Lipinski definition) is 1. The quantitative estimate of drug-likeness (QED) is 0.822. The number of anilines is 1. The highest BCUT2D eigenvalue weighted by Gasteiger charge is 2.19. The highest BCUT2D eigenvalue weighted by Crippen LogP contribution is 2.36. The highest BCUT2D eigenvalue weighted by molar-refractivity contribution is 5.97. The number of para-hydroxylation sites is 1. The molecule has 1 aromatic carbocycles. The molecule has 0 spiro atoms. The smallest absolute Gasteiger partial charge is 0.262 e. The molecule has 0 aromatic heterocycles. The molecule has 0 saturated heterocycles. The molecule has 1 N–H and O–H groups in total. The van der Waals surface area contributed by atoms with E-state index in [1.54, 1.807) is 0 Å². The summed E-state index contributed by atoms with van der Waals surface area (Å²) in [6.07, 6.45) is 0.929. The zero-order valence-electron chi connectivity index (χ0n) is 8.58. The number of nitrogens with one attached hydrogen (secondary N) is 1. The highest BCUT2D eigenvalue weighted by atomic mass is 16.5. The van der Waals surface area contributed by atoms with Gasteiger partial charge in [-0.15, -0.1) is 0 Å². The molecule has 1 aromatic rings. The van der Waals surface area contributed by atoms with Gasteiger partial charge in [-0.2, -0.15) is 0 Å². The average molecular weight is 207 g/mol. The number of fused-ring (bicyclic) bond motifs is 1. The van der Waals surface area contributed by atoms with Gasteiger partial charge in [0.15, 0.2) is 6.61 Å². The van der Waals surface area contributed by atoms with Crippen LogP contribution in [0.15, 0.2) is 18.2 Å². The van der Waals surface area contributed by atoms with Crippen LogP contribution in [0.2, 0.25) is 0 Å². The molecule has 0 fully saturated rings. The predicted octanol–water partition coefficient (Wildman–Crippen LogP) is 1.81. The van der Waals surface area contributed by atoms with Crippen molar-refractivity contribution in [2.45, 2.75) is 13.3 Å². The van der Waals surface area contributed by atoms with Crippen molar-refractivity contribution in [2.75, 3.05) is 18.5 Å². The van der Waals surface area contributed by atoms with E-state index in [1.807, 2.05) is 25.1 Å². The Hall–Kier alpha value is -1.71. The summed E-state index contributed by atoms with van der Waals surface area (Å²) >= 11 is 0. The van der Waals surface area contributed by atoms with Gasteiger partial charge in [-0.25, -0.2) is 0 Å². The SMILES string of the molecule is CCCOc1cccc2c1NC(=O)CO2. The molecule has 0 radical (unpaired) electrons. The molecule has 0 aliphatic carbocycles. The summed E-state index contributed by atoms with van der Waals surface area (Å²) in [4.78, 5) is 11.2. The third-order valence-electron chi connectivity index (χ3n) is 2.07. The van der Waals surface area contributed by atoms with Gasteiger partial charge in [0.25, 0.3) is 5.91 Å². The lowest BCUT2D eigenvalue weighted by atomic mass is 10.2. The number of hydrogen-bond acceptors (Lipinski definition) is 3. The van der Waals surface area contributed by atoms with E-state index in [4.69, 9.17) is 9.47 Å². The maximum absolute atomic E-state index is 11.2. The molecule has 1 aliphatic heterocycles. The van der Waals surface area contributed by atoms with Crippen LogP contribution in [0.5, 0.6) is 11.5 Å². The number of amides is 1. The van der Waals surface area contributed by atoms with Crippen molar-refractivity contribution in [1.82, 2.24) is 0 Å². The van der Waals surface area contributed by atoms with E-state index in [0.29, 0.717) is 23.8 Å². The molecule has 0 unspecified atom stereocenters. The Morgan fingerprint density at radius 2 is 2.40 bits per heavy atom. The number of benzene rings is 1. The number of ether oxygens (including phenoxy) is 2.